The van der Waals surface area contributed by atoms with Crippen LogP contribution in [0.1, 0.15) is 11.1 Å². The van der Waals surface area contributed by atoms with Crippen molar-refractivity contribution < 1.29 is 17.5 Å². The molecule has 0 saturated carbocycles. The molecule has 3 rings (SSSR count). The summed E-state index contributed by atoms with van der Waals surface area (Å²) in [5, 5.41) is 4.20. The second-order valence-electron chi connectivity index (χ2n) is 5.76. The number of hydrogen-bond donors (Lipinski definition) is 1. The highest BCUT2D eigenvalue weighted by Gasteiger charge is 2.11. The van der Waals surface area contributed by atoms with Gasteiger partial charge in [-0.15, -0.1) is 0 Å². The first kappa shape index (κ1) is 19.9. The second-order valence-corrected chi connectivity index (χ2v) is 7.85. The summed E-state index contributed by atoms with van der Waals surface area (Å²) in [6, 6.07) is 18.9. The molecule has 0 saturated heterocycles. The zero-order valence-electron chi connectivity index (χ0n) is 14.5. The van der Waals surface area contributed by atoms with Gasteiger partial charge in [0, 0.05) is 10.6 Å². The molecule has 0 spiro atoms. The van der Waals surface area contributed by atoms with Crippen LogP contribution in [0.25, 0.3) is 0 Å². The number of rotatable bonds is 7. The van der Waals surface area contributed by atoms with Gasteiger partial charge in [0.2, 0.25) is 0 Å². The predicted molar refractivity (Wildman–Crippen MR) is 107 cm³/mol. The maximum absolute atomic E-state index is 13.6. The maximum atomic E-state index is 13.6. The molecule has 0 aliphatic rings. The minimum absolute atomic E-state index is 0.0611. The smallest absolute Gasteiger partial charge is 0.276 e. The molecule has 0 atom stereocenters. The Labute approximate surface area is 167 Å². The van der Waals surface area contributed by atoms with Gasteiger partial charge in [0.1, 0.15) is 18.2 Å². The van der Waals surface area contributed by atoms with Crippen molar-refractivity contribution in [3.05, 3.63) is 94.8 Å². The van der Waals surface area contributed by atoms with E-state index in [1.54, 1.807) is 42.5 Å². The first-order valence-corrected chi connectivity index (χ1v) is 10.1. The molecule has 1 N–H and O–H groups in total. The van der Waals surface area contributed by atoms with Crippen molar-refractivity contribution >= 4 is 27.8 Å². The van der Waals surface area contributed by atoms with Crippen LogP contribution in [0.2, 0.25) is 5.02 Å². The topological polar surface area (TPSA) is 67.8 Å². The average molecular weight is 419 g/mol. The molecule has 0 unspecified atom stereocenters. The molecule has 3 aromatic carbocycles. The van der Waals surface area contributed by atoms with Gasteiger partial charge in [-0.3, -0.25) is 0 Å². The van der Waals surface area contributed by atoms with Crippen molar-refractivity contribution in [3.8, 4) is 5.75 Å². The van der Waals surface area contributed by atoms with Gasteiger partial charge >= 0.3 is 0 Å². The number of hydrogen-bond acceptors (Lipinski definition) is 4. The fraction of sp³-hybridized carbons (Fsp3) is 0.0500. The van der Waals surface area contributed by atoms with Crippen LogP contribution >= 0.6 is 11.6 Å². The molecule has 0 fully saturated rings. The average Bonchev–Trinajstić information content (AvgIpc) is 2.69. The fourth-order valence-corrected chi connectivity index (χ4v) is 3.18. The third kappa shape index (κ3) is 5.31. The molecule has 0 aliphatic carbocycles. The summed E-state index contributed by atoms with van der Waals surface area (Å²) in [5.41, 5.74) is 1.13. The highest BCUT2D eigenvalue weighted by atomic mass is 35.5. The Kier molecular flexibility index (Phi) is 6.28. The van der Waals surface area contributed by atoms with Crippen LogP contribution < -0.4 is 9.57 Å². The Hall–Kier alpha value is -2.90. The van der Waals surface area contributed by atoms with Crippen molar-refractivity contribution in [1.29, 1.82) is 0 Å². The van der Waals surface area contributed by atoms with E-state index in [4.69, 9.17) is 16.3 Å². The maximum Gasteiger partial charge on any atom is 0.276 e. The highest BCUT2D eigenvalue weighted by molar-refractivity contribution is 7.89. The number of nitrogens with zero attached hydrogens (tertiary/aromatic N) is 1. The molecule has 0 aromatic heterocycles. The van der Waals surface area contributed by atoms with Crippen LogP contribution in [0.4, 0.5) is 4.39 Å². The molecule has 144 valence electrons. The lowest BCUT2D eigenvalue weighted by atomic mass is 10.2. The van der Waals surface area contributed by atoms with E-state index < -0.39 is 10.0 Å². The van der Waals surface area contributed by atoms with E-state index in [1.807, 2.05) is 0 Å². The predicted octanol–water partition coefficient (Wildman–Crippen LogP) is 4.37. The Bertz CT molecular complexity index is 1070. The summed E-state index contributed by atoms with van der Waals surface area (Å²) in [6.45, 7) is 0.112. The minimum Gasteiger partial charge on any atom is -0.489 e. The molecule has 0 aliphatic heterocycles. The lowest BCUT2D eigenvalue weighted by Gasteiger charge is -2.07. The monoisotopic (exact) mass is 418 g/mol. The molecule has 0 radical (unpaired) electrons. The van der Waals surface area contributed by atoms with Crippen LogP contribution in [-0.2, 0) is 16.6 Å². The number of sulfonamides is 1. The lowest BCUT2D eigenvalue weighted by molar-refractivity contribution is 0.300. The van der Waals surface area contributed by atoms with Gasteiger partial charge in [-0.1, -0.05) is 29.8 Å². The Morgan fingerprint density at radius 2 is 1.68 bits per heavy atom. The van der Waals surface area contributed by atoms with Crippen LogP contribution in [-0.4, -0.2) is 14.6 Å². The zero-order valence-corrected chi connectivity index (χ0v) is 16.1. The summed E-state index contributed by atoms with van der Waals surface area (Å²) in [4.78, 5) is 2.20. The van der Waals surface area contributed by atoms with Crippen LogP contribution in [0, 0.1) is 5.82 Å². The molecular weight excluding hydrogens is 403 g/mol. The van der Waals surface area contributed by atoms with Gasteiger partial charge in [0.15, 0.2) is 0 Å². The van der Waals surface area contributed by atoms with Gasteiger partial charge in [-0.2, -0.15) is 13.5 Å². The summed E-state index contributed by atoms with van der Waals surface area (Å²) in [6.07, 6.45) is 1.37. The van der Waals surface area contributed by atoms with Gasteiger partial charge < -0.3 is 4.74 Å². The quantitative estimate of drug-likeness (QED) is 0.457. The van der Waals surface area contributed by atoms with Gasteiger partial charge in [-0.25, -0.2) is 9.22 Å². The van der Waals surface area contributed by atoms with Crippen molar-refractivity contribution in [2.75, 3.05) is 0 Å². The number of benzene rings is 3. The SMILES string of the molecule is O=S(=O)(NN=Cc1ccc(OCc2ccccc2F)cc1)c1ccc(Cl)cc1. The molecule has 0 heterocycles. The van der Waals surface area contributed by atoms with Crippen LogP contribution in [0.5, 0.6) is 5.75 Å². The van der Waals surface area contributed by atoms with Gasteiger partial charge in [0.25, 0.3) is 10.0 Å². The van der Waals surface area contributed by atoms with Gasteiger partial charge in [-0.05, 0) is 60.2 Å². The van der Waals surface area contributed by atoms with E-state index >= 15 is 0 Å². The van der Waals surface area contributed by atoms with Crippen molar-refractivity contribution in [3.63, 3.8) is 0 Å². The molecule has 28 heavy (non-hydrogen) atoms. The molecule has 5 nitrogen and oxygen atoms in total. The summed E-state index contributed by atoms with van der Waals surface area (Å²) in [7, 11) is -3.77. The first-order valence-electron chi connectivity index (χ1n) is 8.21. The van der Waals surface area contributed by atoms with E-state index in [0.29, 0.717) is 21.9 Å². The number of halogens is 2. The molecule has 8 heteroatoms. The highest BCUT2D eigenvalue weighted by Crippen LogP contribution is 2.16. The van der Waals surface area contributed by atoms with E-state index in [2.05, 4.69) is 9.93 Å². The first-order chi connectivity index (χ1) is 13.4. The fourth-order valence-electron chi connectivity index (χ4n) is 2.26. The summed E-state index contributed by atoms with van der Waals surface area (Å²) in [5.74, 6) is 0.237. The van der Waals surface area contributed by atoms with E-state index in [9.17, 15) is 12.8 Å². The van der Waals surface area contributed by atoms with Crippen molar-refractivity contribution in [2.45, 2.75) is 11.5 Å². The van der Waals surface area contributed by atoms with E-state index in [1.165, 1.54) is 36.5 Å². The molecule has 0 bridgehead atoms. The molecular formula is C20H16ClFN2O3S. The van der Waals surface area contributed by atoms with Crippen LogP contribution in [0.15, 0.2) is 82.8 Å². The summed E-state index contributed by atoms with van der Waals surface area (Å²) < 4.78 is 43.4. The number of nitrogens with one attached hydrogen (secondary N) is 1. The third-order valence-corrected chi connectivity index (χ3v) is 5.23. The summed E-state index contributed by atoms with van der Waals surface area (Å²) >= 11 is 5.75. The largest absolute Gasteiger partial charge is 0.489 e. The van der Waals surface area contributed by atoms with Crippen LogP contribution in [0.3, 0.4) is 0 Å². The Balaban J connectivity index is 1.58. The Morgan fingerprint density at radius 1 is 1.00 bits per heavy atom. The lowest BCUT2D eigenvalue weighted by Crippen LogP contribution is -2.18. The normalized spacial score (nSPS) is 11.5. The second kappa shape index (κ2) is 8.86. The third-order valence-electron chi connectivity index (χ3n) is 3.74. The molecule has 3 aromatic rings. The standard InChI is InChI=1S/C20H16ClFN2O3S/c21-17-7-11-19(12-8-17)28(25,26)24-23-13-15-5-9-18(10-6-15)27-14-16-3-1-2-4-20(16)22/h1-13,24H,14H2. The minimum atomic E-state index is -3.77. The van der Waals surface area contributed by atoms with E-state index in [-0.39, 0.29) is 17.3 Å². The number of ether oxygens (including phenoxy) is 1. The van der Waals surface area contributed by atoms with E-state index in [0.717, 1.165) is 0 Å². The van der Waals surface area contributed by atoms with Crippen molar-refractivity contribution in [1.82, 2.24) is 4.83 Å². The molecule has 0 amide bonds. The zero-order chi connectivity index (χ0) is 20.0. The Morgan fingerprint density at radius 3 is 2.36 bits per heavy atom. The van der Waals surface area contributed by atoms with Crippen molar-refractivity contribution in [2.24, 2.45) is 5.10 Å². The number of hydrazone groups is 1. The van der Waals surface area contributed by atoms with Gasteiger partial charge in [0.05, 0.1) is 11.1 Å².